The number of pyridine rings is 1. The molecule has 2 nitrogen and oxygen atoms in total. The van der Waals surface area contributed by atoms with Gasteiger partial charge in [-0.05, 0) is 60.8 Å². The number of nitrogens with one attached hydrogen (secondary N) is 1. The molecule has 1 unspecified atom stereocenters. The van der Waals surface area contributed by atoms with Crippen LogP contribution in [0.15, 0.2) is 22.8 Å². The SMILES string of the molecule is CCCC(CCCc1ccc(Br)cn1)NC. The smallest absolute Gasteiger partial charge is 0.0413 e. The Hall–Kier alpha value is -0.410. The summed E-state index contributed by atoms with van der Waals surface area (Å²) in [5.74, 6) is 0. The highest BCUT2D eigenvalue weighted by Crippen LogP contribution is 2.11. The van der Waals surface area contributed by atoms with Gasteiger partial charge in [0.1, 0.15) is 0 Å². The number of nitrogens with zero attached hydrogens (tertiary/aromatic N) is 1. The van der Waals surface area contributed by atoms with Gasteiger partial charge in [0.25, 0.3) is 0 Å². The van der Waals surface area contributed by atoms with Gasteiger partial charge in [0.15, 0.2) is 0 Å². The van der Waals surface area contributed by atoms with E-state index in [0.29, 0.717) is 6.04 Å². The van der Waals surface area contributed by atoms with Crippen LogP contribution < -0.4 is 5.32 Å². The van der Waals surface area contributed by atoms with Gasteiger partial charge in [-0.1, -0.05) is 13.3 Å². The standard InChI is InChI=1S/C13H21BrN2/c1-3-5-12(15-2)6-4-7-13-9-8-11(14)10-16-13/h8-10,12,15H,3-7H2,1-2H3. The predicted molar refractivity (Wildman–Crippen MR) is 72.6 cm³/mol. The molecule has 0 saturated carbocycles. The Morgan fingerprint density at radius 1 is 1.38 bits per heavy atom. The van der Waals surface area contributed by atoms with E-state index in [-0.39, 0.29) is 0 Å². The Bertz CT molecular complexity index is 284. The Morgan fingerprint density at radius 3 is 2.75 bits per heavy atom. The van der Waals surface area contributed by atoms with Gasteiger partial charge in [0.2, 0.25) is 0 Å². The maximum atomic E-state index is 4.38. The highest BCUT2D eigenvalue weighted by Gasteiger charge is 2.04. The fourth-order valence-corrected chi connectivity index (χ4v) is 2.10. The first-order valence-electron chi connectivity index (χ1n) is 6.04. The second-order valence-electron chi connectivity index (χ2n) is 4.13. The lowest BCUT2D eigenvalue weighted by Crippen LogP contribution is -2.24. The van der Waals surface area contributed by atoms with Crippen molar-refractivity contribution in [1.82, 2.24) is 10.3 Å². The summed E-state index contributed by atoms with van der Waals surface area (Å²) in [6.07, 6.45) is 7.92. The van der Waals surface area contributed by atoms with E-state index < -0.39 is 0 Å². The van der Waals surface area contributed by atoms with Gasteiger partial charge in [0, 0.05) is 22.4 Å². The Labute approximate surface area is 107 Å². The average molecular weight is 285 g/mol. The Balaban J connectivity index is 2.26. The molecule has 1 heterocycles. The maximum Gasteiger partial charge on any atom is 0.0413 e. The Kier molecular flexibility index (Phi) is 6.65. The first kappa shape index (κ1) is 13.7. The van der Waals surface area contributed by atoms with Crippen LogP contribution in [-0.2, 0) is 6.42 Å². The van der Waals surface area contributed by atoms with Crippen molar-refractivity contribution >= 4 is 15.9 Å². The fourth-order valence-electron chi connectivity index (χ4n) is 1.87. The predicted octanol–water partition coefficient (Wildman–Crippen LogP) is 3.55. The van der Waals surface area contributed by atoms with Crippen LogP contribution in [0.5, 0.6) is 0 Å². The van der Waals surface area contributed by atoms with Crippen molar-refractivity contribution in [2.45, 2.75) is 45.1 Å². The van der Waals surface area contributed by atoms with E-state index in [4.69, 9.17) is 0 Å². The van der Waals surface area contributed by atoms with Crippen molar-refractivity contribution in [2.24, 2.45) is 0 Å². The summed E-state index contributed by atoms with van der Waals surface area (Å²) in [5, 5.41) is 3.37. The number of aryl methyl sites for hydroxylation is 1. The Morgan fingerprint density at radius 2 is 2.19 bits per heavy atom. The molecule has 1 rings (SSSR count). The van der Waals surface area contributed by atoms with E-state index >= 15 is 0 Å². The van der Waals surface area contributed by atoms with Crippen LogP contribution in [0.2, 0.25) is 0 Å². The molecular weight excluding hydrogens is 264 g/mol. The second kappa shape index (κ2) is 7.80. The first-order chi connectivity index (χ1) is 7.76. The third-order valence-electron chi connectivity index (χ3n) is 2.82. The molecule has 16 heavy (non-hydrogen) atoms. The maximum absolute atomic E-state index is 4.38. The second-order valence-corrected chi connectivity index (χ2v) is 5.05. The topological polar surface area (TPSA) is 24.9 Å². The molecule has 0 amide bonds. The minimum Gasteiger partial charge on any atom is -0.317 e. The number of aromatic nitrogens is 1. The lowest BCUT2D eigenvalue weighted by atomic mass is 10.0. The molecule has 3 heteroatoms. The zero-order valence-corrected chi connectivity index (χ0v) is 11.8. The number of halogens is 1. The van der Waals surface area contributed by atoms with Crippen molar-refractivity contribution in [1.29, 1.82) is 0 Å². The normalized spacial score (nSPS) is 12.7. The molecule has 0 spiro atoms. The number of rotatable bonds is 7. The van der Waals surface area contributed by atoms with E-state index in [1.165, 1.54) is 31.4 Å². The molecule has 0 aliphatic rings. The summed E-state index contributed by atoms with van der Waals surface area (Å²) in [5.41, 5.74) is 1.19. The van der Waals surface area contributed by atoms with Crippen molar-refractivity contribution in [2.75, 3.05) is 7.05 Å². The highest BCUT2D eigenvalue weighted by atomic mass is 79.9. The van der Waals surface area contributed by atoms with Gasteiger partial charge in [-0.3, -0.25) is 4.98 Å². The van der Waals surface area contributed by atoms with E-state index in [1.807, 2.05) is 6.20 Å². The molecule has 0 aliphatic carbocycles. The molecule has 0 radical (unpaired) electrons. The van der Waals surface area contributed by atoms with Crippen molar-refractivity contribution in [3.05, 3.63) is 28.5 Å². The van der Waals surface area contributed by atoms with E-state index in [2.05, 4.69) is 52.3 Å². The summed E-state index contributed by atoms with van der Waals surface area (Å²) < 4.78 is 1.05. The zero-order valence-electron chi connectivity index (χ0n) is 10.2. The van der Waals surface area contributed by atoms with Crippen LogP contribution in [0.4, 0.5) is 0 Å². The quantitative estimate of drug-likeness (QED) is 0.828. The molecule has 0 saturated heterocycles. The summed E-state index contributed by atoms with van der Waals surface area (Å²) in [6.45, 7) is 2.24. The van der Waals surface area contributed by atoms with Crippen LogP contribution in [-0.4, -0.2) is 18.1 Å². The molecule has 1 atom stereocenters. The number of hydrogen-bond donors (Lipinski definition) is 1. The fraction of sp³-hybridized carbons (Fsp3) is 0.615. The molecule has 0 bridgehead atoms. The molecule has 1 aromatic rings. The van der Waals surface area contributed by atoms with E-state index in [0.717, 1.165) is 10.9 Å². The molecule has 0 aliphatic heterocycles. The molecule has 1 N–H and O–H groups in total. The third-order valence-corrected chi connectivity index (χ3v) is 3.29. The summed E-state index contributed by atoms with van der Waals surface area (Å²) in [7, 11) is 2.05. The molecule has 0 fully saturated rings. The molecule has 0 aromatic carbocycles. The van der Waals surface area contributed by atoms with Gasteiger partial charge in [0.05, 0.1) is 0 Å². The van der Waals surface area contributed by atoms with Gasteiger partial charge >= 0.3 is 0 Å². The lowest BCUT2D eigenvalue weighted by Gasteiger charge is -2.14. The van der Waals surface area contributed by atoms with Crippen LogP contribution >= 0.6 is 15.9 Å². The van der Waals surface area contributed by atoms with Crippen molar-refractivity contribution in [3.8, 4) is 0 Å². The minimum atomic E-state index is 0.667. The largest absolute Gasteiger partial charge is 0.317 e. The van der Waals surface area contributed by atoms with Gasteiger partial charge in [-0.2, -0.15) is 0 Å². The summed E-state index contributed by atoms with van der Waals surface area (Å²) in [4.78, 5) is 4.38. The van der Waals surface area contributed by atoms with Gasteiger partial charge < -0.3 is 5.32 Å². The number of hydrogen-bond acceptors (Lipinski definition) is 2. The van der Waals surface area contributed by atoms with E-state index in [9.17, 15) is 0 Å². The monoisotopic (exact) mass is 284 g/mol. The third kappa shape index (κ3) is 5.08. The van der Waals surface area contributed by atoms with Crippen LogP contribution in [0.3, 0.4) is 0 Å². The summed E-state index contributed by atoms with van der Waals surface area (Å²) in [6, 6.07) is 4.82. The van der Waals surface area contributed by atoms with Crippen molar-refractivity contribution in [3.63, 3.8) is 0 Å². The zero-order chi connectivity index (χ0) is 11.8. The average Bonchev–Trinajstić information content (AvgIpc) is 2.30. The van der Waals surface area contributed by atoms with Gasteiger partial charge in [-0.15, -0.1) is 0 Å². The van der Waals surface area contributed by atoms with Crippen LogP contribution in [0.25, 0.3) is 0 Å². The van der Waals surface area contributed by atoms with Crippen LogP contribution in [0.1, 0.15) is 38.3 Å². The lowest BCUT2D eigenvalue weighted by molar-refractivity contribution is 0.468. The molecular formula is C13H21BrN2. The highest BCUT2D eigenvalue weighted by molar-refractivity contribution is 9.10. The van der Waals surface area contributed by atoms with Crippen LogP contribution in [0, 0.1) is 0 Å². The van der Waals surface area contributed by atoms with Crippen molar-refractivity contribution < 1.29 is 0 Å². The molecule has 90 valence electrons. The molecule has 1 aromatic heterocycles. The van der Waals surface area contributed by atoms with Gasteiger partial charge in [-0.25, -0.2) is 0 Å². The minimum absolute atomic E-state index is 0.667. The first-order valence-corrected chi connectivity index (χ1v) is 6.83. The summed E-state index contributed by atoms with van der Waals surface area (Å²) >= 11 is 3.40. The van der Waals surface area contributed by atoms with E-state index in [1.54, 1.807) is 0 Å².